The predicted octanol–water partition coefficient (Wildman–Crippen LogP) is 8.17. The summed E-state index contributed by atoms with van der Waals surface area (Å²) >= 11 is 0. The summed E-state index contributed by atoms with van der Waals surface area (Å²) in [6.45, 7) is 1.91. The van der Waals surface area contributed by atoms with Gasteiger partial charge in [0.2, 0.25) is 0 Å². The van der Waals surface area contributed by atoms with Crippen molar-refractivity contribution >= 4 is 21.8 Å². The van der Waals surface area contributed by atoms with Gasteiger partial charge in [0.15, 0.2) is 0 Å². The third-order valence-corrected chi connectivity index (χ3v) is 6.82. The number of fused-ring (bicyclic) bond motifs is 3. The molecule has 0 fully saturated rings. The lowest BCUT2D eigenvalue weighted by Crippen LogP contribution is -2.03. The van der Waals surface area contributed by atoms with Crippen LogP contribution in [0.4, 0.5) is 0 Å². The van der Waals surface area contributed by atoms with Crippen LogP contribution in [0.1, 0.15) is 16.7 Å². The molecule has 0 spiro atoms. The fourth-order valence-electron chi connectivity index (χ4n) is 5.04. The third kappa shape index (κ3) is 3.35. The van der Waals surface area contributed by atoms with Gasteiger partial charge in [0, 0.05) is 10.8 Å². The monoisotopic (exact) mass is 459 g/mol. The number of aromatic nitrogens is 1. The molecule has 0 radical (unpaired) electrons. The van der Waals surface area contributed by atoms with Crippen molar-refractivity contribution in [2.75, 3.05) is 0 Å². The van der Waals surface area contributed by atoms with Crippen LogP contribution < -0.4 is 0 Å². The molecule has 3 heteroatoms. The molecule has 0 aliphatic rings. The summed E-state index contributed by atoms with van der Waals surface area (Å²) in [5, 5.41) is 22.2. The van der Waals surface area contributed by atoms with Gasteiger partial charge in [-0.1, -0.05) is 78.9 Å². The van der Waals surface area contributed by atoms with Crippen molar-refractivity contribution in [2.24, 2.45) is 0 Å². The Morgan fingerprint density at radius 2 is 1.08 bits per heavy atom. The van der Waals surface area contributed by atoms with Crippen LogP contribution in [-0.4, -0.2) is 4.57 Å². The summed E-state index contributed by atoms with van der Waals surface area (Å²) in [5.41, 5.74) is 8.96. The quantitative estimate of drug-likeness (QED) is 0.268. The van der Waals surface area contributed by atoms with E-state index in [1.165, 1.54) is 0 Å². The first-order chi connectivity index (χ1) is 17.7. The lowest BCUT2D eigenvalue weighted by Gasteiger charge is -2.14. The zero-order valence-electron chi connectivity index (χ0n) is 19.7. The van der Waals surface area contributed by atoms with Crippen molar-refractivity contribution in [3.05, 3.63) is 126 Å². The predicted molar refractivity (Wildman–Crippen MR) is 146 cm³/mol. The molecular formula is C33H21N3. The van der Waals surface area contributed by atoms with Gasteiger partial charge < -0.3 is 4.57 Å². The first kappa shape index (κ1) is 21.4. The minimum absolute atomic E-state index is 0.482. The number of benzene rings is 5. The second-order valence-electron chi connectivity index (χ2n) is 8.91. The standard InChI is InChI=1S/C33H21N3/c1-22-12-13-27(20-34)33(30(22)21-35)36-31-16-14-25(23-8-4-2-5-9-23)18-28(31)29-19-26(15-17-32(29)36)24-10-6-3-7-11-24/h2-19H,1H3. The Labute approximate surface area is 209 Å². The molecule has 0 saturated heterocycles. The Kier molecular flexibility index (Phi) is 5.11. The van der Waals surface area contributed by atoms with Crippen LogP contribution >= 0.6 is 0 Å². The molecule has 0 aliphatic carbocycles. The maximum Gasteiger partial charge on any atom is 0.102 e. The molecule has 1 aromatic heterocycles. The topological polar surface area (TPSA) is 52.5 Å². The fourth-order valence-corrected chi connectivity index (χ4v) is 5.04. The molecule has 3 nitrogen and oxygen atoms in total. The SMILES string of the molecule is Cc1ccc(C#N)c(-n2c3ccc(-c4ccccc4)cc3c3cc(-c4ccccc4)ccc32)c1C#N. The maximum absolute atomic E-state index is 10.1. The number of hydrogen-bond donors (Lipinski definition) is 0. The average Bonchev–Trinajstić information content (AvgIpc) is 3.26. The van der Waals surface area contributed by atoms with E-state index in [0.717, 1.165) is 49.6 Å². The van der Waals surface area contributed by atoms with E-state index in [0.29, 0.717) is 16.8 Å². The Hall–Kier alpha value is -5.12. The molecule has 168 valence electrons. The van der Waals surface area contributed by atoms with Crippen LogP contribution in [0.5, 0.6) is 0 Å². The Morgan fingerprint density at radius 3 is 1.56 bits per heavy atom. The summed E-state index contributed by atoms with van der Waals surface area (Å²) in [4.78, 5) is 0. The van der Waals surface area contributed by atoms with E-state index in [1.54, 1.807) is 6.07 Å². The maximum atomic E-state index is 10.1. The number of rotatable bonds is 3. The largest absolute Gasteiger partial charge is 0.307 e. The van der Waals surface area contributed by atoms with Crippen molar-refractivity contribution in [3.8, 4) is 40.1 Å². The van der Waals surface area contributed by atoms with Gasteiger partial charge in [-0.05, 0) is 65.1 Å². The van der Waals surface area contributed by atoms with Crippen LogP contribution in [-0.2, 0) is 0 Å². The number of nitrogens with zero attached hydrogens (tertiary/aromatic N) is 3. The number of hydrogen-bond acceptors (Lipinski definition) is 2. The van der Waals surface area contributed by atoms with Crippen LogP contribution in [0.3, 0.4) is 0 Å². The van der Waals surface area contributed by atoms with Gasteiger partial charge >= 0.3 is 0 Å². The highest BCUT2D eigenvalue weighted by molar-refractivity contribution is 6.12. The van der Waals surface area contributed by atoms with E-state index in [2.05, 4.69) is 77.4 Å². The molecule has 0 amide bonds. The second-order valence-corrected chi connectivity index (χ2v) is 8.91. The Morgan fingerprint density at radius 1 is 0.556 bits per heavy atom. The van der Waals surface area contributed by atoms with Crippen molar-refractivity contribution < 1.29 is 0 Å². The first-order valence-electron chi connectivity index (χ1n) is 11.8. The zero-order chi connectivity index (χ0) is 24.6. The van der Waals surface area contributed by atoms with E-state index < -0.39 is 0 Å². The van der Waals surface area contributed by atoms with E-state index >= 15 is 0 Å². The molecule has 0 atom stereocenters. The van der Waals surface area contributed by atoms with Crippen molar-refractivity contribution in [3.63, 3.8) is 0 Å². The summed E-state index contributed by atoms with van der Waals surface area (Å²) in [7, 11) is 0. The molecular weight excluding hydrogens is 438 g/mol. The number of aryl methyl sites for hydroxylation is 1. The average molecular weight is 460 g/mol. The van der Waals surface area contributed by atoms with E-state index in [9.17, 15) is 10.5 Å². The zero-order valence-corrected chi connectivity index (χ0v) is 19.7. The van der Waals surface area contributed by atoms with Crippen molar-refractivity contribution in [1.29, 1.82) is 10.5 Å². The molecule has 6 rings (SSSR count). The molecule has 0 N–H and O–H groups in total. The van der Waals surface area contributed by atoms with Gasteiger partial charge in [0.05, 0.1) is 27.8 Å². The smallest absolute Gasteiger partial charge is 0.102 e. The second kappa shape index (κ2) is 8.58. The van der Waals surface area contributed by atoms with Gasteiger partial charge in [0.25, 0.3) is 0 Å². The fraction of sp³-hybridized carbons (Fsp3) is 0.0303. The van der Waals surface area contributed by atoms with E-state index in [-0.39, 0.29) is 0 Å². The van der Waals surface area contributed by atoms with Crippen LogP contribution in [0.15, 0.2) is 109 Å². The van der Waals surface area contributed by atoms with Gasteiger partial charge in [-0.2, -0.15) is 10.5 Å². The lowest BCUT2D eigenvalue weighted by atomic mass is 10.0. The number of nitriles is 2. The minimum atomic E-state index is 0.482. The summed E-state index contributed by atoms with van der Waals surface area (Å²) in [5.74, 6) is 0. The van der Waals surface area contributed by atoms with Gasteiger partial charge in [-0.25, -0.2) is 0 Å². The third-order valence-electron chi connectivity index (χ3n) is 6.82. The molecule has 1 heterocycles. The van der Waals surface area contributed by atoms with Crippen LogP contribution in [0, 0.1) is 29.6 Å². The van der Waals surface area contributed by atoms with Gasteiger partial charge in [0.1, 0.15) is 12.1 Å². The van der Waals surface area contributed by atoms with Crippen molar-refractivity contribution in [2.45, 2.75) is 6.92 Å². The summed E-state index contributed by atoms with van der Waals surface area (Å²) < 4.78 is 2.08. The van der Waals surface area contributed by atoms with E-state index in [1.807, 2.05) is 49.4 Å². The molecule has 0 unspecified atom stereocenters. The van der Waals surface area contributed by atoms with Gasteiger partial charge in [-0.3, -0.25) is 0 Å². The van der Waals surface area contributed by atoms with Crippen molar-refractivity contribution in [1.82, 2.24) is 4.57 Å². The molecule has 6 aromatic rings. The van der Waals surface area contributed by atoms with Gasteiger partial charge in [-0.15, -0.1) is 0 Å². The molecule has 0 saturated carbocycles. The highest BCUT2D eigenvalue weighted by Crippen LogP contribution is 2.38. The van der Waals surface area contributed by atoms with Crippen LogP contribution in [0.25, 0.3) is 49.7 Å². The normalized spacial score (nSPS) is 10.9. The molecule has 0 aliphatic heterocycles. The minimum Gasteiger partial charge on any atom is -0.307 e. The summed E-state index contributed by atoms with van der Waals surface area (Å²) in [6, 6.07) is 41.8. The highest BCUT2D eigenvalue weighted by Gasteiger charge is 2.20. The van der Waals surface area contributed by atoms with Crippen LogP contribution in [0.2, 0.25) is 0 Å². The molecule has 5 aromatic carbocycles. The Balaban J connectivity index is 1.74. The molecule has 0 bridgehead atoms. The van der Waals surface area contributed by atoms with E-state index in [4.69, 9.17) is 0 Å². The molecule has 36 heavy (non-hydrogen) atoms. The summed E-state index contributed by atoms with van der Waals surface area (Å²) in [6.07, 6.45) is 0. The lowest BCUT2D eigenvalue weighted by molar-refractivity contribution is 1.14. The first-order valence-corrected chi connectivity index (χ1v) is 11.8. The highest BCUT2D eigenvalue weighted by atomic mass is 15.0. The Bertz CT molecular complexity index is 1750.